The SMILES string of the molecule is C/C=C(/NC(=O)OCc1ccccc1)C(=O)N1CCC[C@@H]1C(=O)N[C@@H](CC(C)C)C(=O)N[C@H](C)C(=O)N[C@H](C)C(=O)N[C@H](C)C(=O)N[C@H](C)C(=O)N[C@@H](C(=O)NCC(=O)N[C@H](C)C(=O)N[C@@H](C(=O)N[C@H](C)C(=O)N[C@@H](C(=O)N(C(=O)OCc1ccccc1)/C(=C/C)C(=O)N[C@@H](C(=O)N[C@@H](C)C(=O)N[C@@H](CCN)C(=O)N[C@H](CCN)C(=O)N[C@@H](Cc1ccccc1)C(=O)O)[C@@H](C)O)C(C)C)C(C)C)C(C)C. The van der Waals surface area contributed by atoms with E-state index in [9.17, 15) is 111 Å². The fraction of sp³-hybridized carbons (Fsp3) is 0.543. The topological polar surface area (TPSA) is 680 Å². The molecule has 20 amide bonds. The van der Waals surface area contributed by atoms with Gasteiger partial charge in [0.2, 0.25) is 88.6 Å². The summed E-state index contributed by atoms with van der Waals surface area (Å²) in [5.41, 5.74) is 12.4. The standard InChI is InChI=1S/C94H139N21O25/c1-19-63(109-93(137)139-46-61-33-26-22-27-34-61)90(133)114-42-30-37-69(114)86(129)107-66(43-48(3)4)84(127)102-55(14)77(120)100-53(12)75(118)99-54(13)76(119)101-57(16)80(123)110-71(49(5)6)87(130)97-45-70(117)98-52(11)79(122)111-72(50(7)8)88(131)103-58(17)81(124)112-73(51(9)10)91(134)115(94(138)140-47-62-35-28-23-29-36-62)68(20-2)85(128)113-74(59(18)116)89(132)104-56(15)78(121)105-64(38-40-95)82(125)106-65(39-41-96)83(126)108-67(92(135)136)44-60-31-24-21-25-32-60/h19-29,31-36,48-59,64-67,69,71-74,116H,30,37-47,95-96H2,1-18H3,(H,97,130)(H,98,117)(H,99,118)(H,100,120)(H,101,119)(H,102,127)(H,103,131)(H,104,132)(H,105,121)(H,106,125)(H,107,129)(H,108,126)(H,109,137)(H,110,123)(H,111,122)(H,112,124)(H,113,128)(H,135,136)/b63-19+,68-20+/t52-,53-,54-,55-,56+,57-,58-,59-,64+,65-,66+,67+,69-,71-,72-,73-,74-/m1/s1. The highest BCUT2D eigenvalue weighted by molar-refractivity contribution is 6.09. The summed E-state index contributed by atoms with van der Waals surface area (Å²) in [7, 11) is 0. The van der Waals surface area contributed by atoms with Gasteiger partial charge in [0, 0.05) is 13.0 Å². The summed E-state index contributed by atoms with van der Waals surface area (Å²) in [5.74, 6) is -20.6. The molecule has 4 rings (SSSR count). The Bertz CT molecular complexity index is 4890. The summed E-state index contributed by atoms with van der Waals surface area (Å²) in [5, 5.41) is 62.7. The predicted molar refractivity (Wildman–Crippen MR) is 508 cm³/mol. The summed E-state index contributed by atoms with van der Waals surface area (Å²) in [6, 6.07) is 2.73. The molecule has 140 heavy (non-hydrogen) atoms. The van der Waals surface area contributed by atoms with Gasteiger partial charge in [-0.05, 0) is 155 Å². The molecule has 1 aliphatic rings. The molecule has 0 aliphatic carbocycles. The lowest BCUT2D eigenvalue weighted by atomic mass is 10.0. The molecule has 1 saturated heterocycles. The molecule has 1 aliphatic heterocycles. The van der Waals surface area contributed by atoms with Crippen LogP contribution in [0.25, 0.3) is 0 Å². The highest BCUT2D eigenvalue weighted by Crippen LogP contribution is 2.23. The molecule has 23 N–H and O–H groups in total. The van der Waals surface area contributed by atoms with Crippen LogP contribution in [-0.2, 0) is 120 Å². The molecule has 46 heteroatoms. The monoisotopic (exact) mass is 1960 g/mol. The van der Waals surface area contributed by atoms with Crippen LogP contribution in [0.2, 0.25) is 0 Å². The maximum absolute atomic E-state index is 15.0. The van der Waals surface area contributed by atoms with E-state index in [1.165, 1.54) is 87.1 Å². The highest BCUT2D eigenvalue weighted by Gasteiger charge is 2.43. The first-order valence-corrected chi connectivity index (χ1v) is 46.2. The zero-order valence-corrected chi connectivity index (χ0v) is 82.3. The van der Waals surface area contributed by atoms with Crippen molar-refractivity contribution >= 4 is 124 Å². The van der Waals surface area contributed by atoms with Crippen LogP contribution in [0.1, 0.15) is 173 Å². The number of aliphatic hydroxyl groups is 1. The van der Waals surface area contributed by atoms with Gasteiger partial charge in [0.15, 0.2) is 0 Å². The van der Waals surface area contributed by atoms with E-state index < -0.39 is 264 Å². The number of nitrogens with two attached hydrogens (primary N) is 2. The van der Waals surface area contributed by atoms with E-state index in [4.69, 9.17) is 20.9 Å². The second kappa shape index (κ2) is 58.4. The molecule has 46 nitrogen and oxygen atoms in total. The number of ether oxygens (including phenoxy) is 2. The molecule has 1 fully saturated rings. The number of carbonyl (C=O) groups excluding carboxylic acids is 20. The van der Waals surface area contributed by atoms with Crippen LogP contribution in [0.5, 0.6) is 0 Å². The second-order valence-electron chi connectivity index (χ2n) is 35.3. The van der Waals surface area contributed by atoms with Gasteiger partial charge in [-0.3, -0.25) is 91.6 Å². The summed E-state index contributed by atoms with van der Waals surface area (Å²) in [6.07, 6.45) is -1.48. The van der Waals surface area contributed by atoms with Gasteiger partial charge in [0.25, 0.3) is 17.7 Å². The van der Waals surface area contributed by atoms with E-state index in [1.54, 1.807) is 133 Å². The van der Waals surface area contributed by atoms with Crippen molar-refractivity contribution in [2.24, 2.45) is 35.1 Å². The normalized spacial score (nSPS) is 15.9. The minimum absolute atomic E-state index is 0.0581. The molecule has 770 valence electrons. The van der Waals surface area contributed by atoms with Crippen LogP contribution in [0.15, 0.2) is 115 Å². The van der Waals surface area contributed by atoms with Crippen LogP contribution in [0.3, 0.4) is 0 Å². The van der Waals surface area contributed by atoms with Gasteiger partial charge >= 0.3 is 18.2 Å². The van der Waals surface area contributed by atoms with Gasteiger partial charge < -0.3 is 121 Å². The maximum atomic E-state index is 15.0. The zero-order valence-electron chi connectivity index (χ0n) is 82.3. The lowest BCUT2D eigenvalue weighted by Crippen LogP contribution is -2.61. The Morgan fingerprint density at radius 3 is 1.22 bits per heavy atom. The molecule has 0 bridgehead atoms. The number of carboxylic acid groups (broad SMARTS) is 1. The Balaban J connectivity index is 1.33. The third-order valence-electron chi connectivity index (χ3n) is 22.0. The number of imide groups is 1. The summed E-state index contributed by atoms with van der Waals surface area (Å²) in [4.78, 5) is 289. The second-order valence-corrected chi connectivity index (χ2v) is 35.3. The number of likely N-dealkylation sites (tertiary alicyclic amines) is 1. The van der Waals surface area contributed by atoms with Crippen LogP contribution in [0.4, 0.5) is 9.59 Å². The van der Waals surface area contributed by atoms with Crippen LogP contribution in [0, 0.1) is 23.7 Å². The van der Waals surface area contributed by atoms with Gasteiger partial charge in [0.1, 0.15) is 121 Å². The number of carboxylic acids is 1. The Hall–Kier alpha value is -14.3. The van der Waals surface area contributed by atoms with Gasteiger partial charge in [-0.15, -0.1) is 0 Å². The minimum atomic E-state index is -1.97. The van der Waals surface area contributed by atoms with Crippen molar-refractivity contribution in [1.82, 2.24) is 100 Å². The van der Waals surface area contributed by atoms with Crippen molar-refractivity contribution in [3.8, 4) is 0 Å². The first kappa shape index (κ1) is 118. The van der Waals surface area contributed by atoms with Crippen molar-refractivity contribution in [3.63, 3.8) is 0 Å². The Morgan fingerprint density at radius 1 is 0.421 bits per heavy atom. The number of benzene rings is 3. The molecular formula is C94H139N21O25. The Labute approximate surface area is 813 Å². The number of nitrogens with zero attached hydrogens (tertiary/aromatic N) is 2. The molecule has 0 saturated carbocycles. The van der Waals surface area contributed by atoms with Gasteiger partial charge in [-0.2, -0.15) is 0 Å². The number of aliphatic carboxylic acids is 1. The molecule has 0 spiro atoms. The predicted octanol–water partition coefficient (Wildman–Crippen LogP) is -2.18. The van der Waals surface area contributed by atoms with E-state index in [-0.39, 0.29) is 74.9 Å². The lowest BCUT2D eigenvalue weighted by Gasteiger charge is -2.31. The first-order valence-electron chi connectivity index (χ1n) is 46.2. The van der Waals surface area contributed by atoms with Crippen molar-refractivity contribution in [2.45, 2.75) is 279 Å². The molecular weight excluding hydrogens is 1820 g/mol. The summed E-state index contributed by atoms with van der Waals surface area (Å²) >= 11 is 0. The molecule has 0 unspecified atom stereocenters. The number of aliphatic hydroxyl groups excluding tert-OH is 1. The van der Waals surface area contributed by atoms with E-state index in [1.807, 2.05) is 0 Å². The molecule has 0 aromatic heterocycles. The van der Waals surface area contributed by atoms with Gasteiger partial charge in [-0.1, -0.05) is 159 Å². The average molecular weight is 1960 g/mol. The van der Waals surface area contributed by atoms with Crippen LogP contribution >= 0.6 is 0 Å². The van der Waals surface area contributed by atoms with Crippen LogP contribution in [-0.4, -0.2) is 273 Å². The third-order valence-corrected chi connectivity index (χ3v) is 22.0. The minimum Gasteiger partial charge on any atom is -0.480 e. The van der Waals surface area contributed by atoms with Crippen molar-refractivity contribution in [3.05, 3.63) is 131 Å². The number of hydrogen-bond donors (Lipinski definition) is 21. The number of carbonyl (C=O) groups is 21. The van der Waals surface area contributed by atoms with Crippen molar-refractivity contribution in [2.75, 3.05) is 26.2 Å². The van der Waals surface area contributed by atoms with Gasteiger partial charge in [0.05, 0.1) is 12.6 Å². The maximum Gasteiger partial charge on any atom is 0.421 e. The third kappa shape index (κ3) is 38.2. The van der Waals surface area contributed by atoms with Crippen molar-refractivity contribution in [1.29, 1.82) is 0 Å². The first-order chi connectivity index (χ1) is 65.9. The van der Waals surface area contributed by atoms with Crippen molar-refractivity contribution < 1.29 is 120 Å². The fourth-order valence-corrected chi connectivity index (χ4v) is 13.9. The Kier molecular flexibility index (Phi) is 49.2. The fourth-order valence-electron chi connectivity index (χ4n) is 13.9. The van der Waals surface area contributed by atoms with E-state index >= 15 is 0 Å². The number of alkyl carbamates (subject to hydrolysis) is 1. The number of rotatable bonds is 53. The van der Waals surface area contributed by atoms with Gasteiger partial charge in [-0.25, -0.2) is 19.3 Å². The van der Waals surface area contributed by atoms with E-state index in [0.717, 1.165) is 18.6 Å². The summed E-state index contributed by atoms with van der Waals surface area (Å²) in [6.45, 7) is 24.0. The zero-order chi connectivity index (χ0) is 105. The lowest BCUT2D eigenvalue weighted by molar-refractivity contribution is -0.142. The number of amides is 20. The molecule has 17 atom stereocenters. The number of allylic oxidation sites excluding steroid dienone is 2. The average Bonchev–Trinajstić information content (AvgIpc) is 1.14. The Morgan fingerprint density at radius 2 is 0.800 bits per heavy atom. The quantitative estimate of drug-likeness (QED) is 0.0267. The number of hydrogen-bond acceptors (Lipinski definition) is 26. The molecule has 3 aromatic carbocycles. The molecule has 1 heterocycles. The van der Waals surface area contributed by atoms with E-state index in [0.29, 0.717) is 17.5 Å². The number of nitrogens with one attached hydrogen (secondary N) is 17. The largest absolute Gasteiger partial charge is 0.480 e. The smallest absolute Gasteiger partial charge is 0.421 e. The molecule has 3 aromatic rings. The highest BCUT2D eigenvalue weighted by atomic mass is 16.6. The summed E-state index contributed by atoms with van der Waals surface area (Å²) < 4.78 is 10.8. The molecule has 0 radical (unpaired) electrons. The van der Waals surface area contributed by atoms with E-state index in [2.05, 4.69) is 90.4 Å². The van der Waals surface area contributed by atoms with Crippen LogP contribution < -0.4 is 102 Å².